The van der Waals surface area contributed by atoms with Gasteiger partial charge in [0.25, 0.3) is 5.91 Å². The first-order valence-electron chi connectivity index (χ1n) is 13.7. The Morgan fingerprint density at radius 3 is 2.61 bits per heavy atom. The lowest BCUT2D eigenvalue weighted by Crippen LogP contribution is -2.42. The maximum absolute atomic E-state index is 15.0. The minimum Gasteiger partial charge on any atom is -0.481 e. The number of hydrogen-bond acceptors (Lipinski definition) is 8. The van der Waals surface area contributed by atoms with Crippen LogP contribution in [0.4, 0.5) is 10.1 Å². The molecule has 0 spiro atoms. The number of likely N-dealkylation sites (tertiary alicyclic amines) is 1. The lowest BCUT2D eigenvalue weighted by atomic mass is 9.87. The predicted molar refractivity (Wildman–Crippen MR) is 153 cm³/mol. The van der Waals surface area contributed by atoms with Gasteiger partial charge in [-0.2, -0.15) is 4.37 Å². The monoisotopic (exact) mass is 603 g/mol. The van der Waals surface area contributed by atoms with Gasteiger partial charge in [0.05, 0.1) is 27.4 Å². The number of Topliss-reactive ketones (excluding diaryl/α,β-unsaturated/α-hetero) is 1. The van der Waals surface area contributed by atoms with Crippen molar-refractivity contribution in [2.24, 2.45) is 5.92 Å². The molecular weight excluding hydrogens is 573 g/mol. The minimum absolute atomic E-state index is 0.0822. The van der Waals surface area contributed by atoms with Gasteiger partial charge in [0, 0.05) is 24.9 Å². The van der Waals surface area contributed by atoms with Crippen LogP contribution in [0.3, 0.4) is 0 Å². The number of fused-ring (bicyclic) bond motifs is 1. The fourth-order valence-electron chi connectivity index (χ4n) is 5.27. The fraction of sp³-hybridized carbons (Fsp3) is 0.448. The second kappa shape index (κ2) is 13.3. The molecule has 12 heteroatoms. The van der Waals surface area contributed by atoms with Gasteiger partial charge >= 0.3 is 5.97 Å². The van der Waals surface area contributed by atoms with Gasteiger partial charge in [0.15, 0.2) is 5.78 Å². The number of aliphatic carboxylic acids is 1. The average Bonchev–Trinajstić information content (AvgIpc) is 3.65. The normalized spacial score (nSPS) is 20.2. The Bertz CT molecular complexity index is 1420. The Balaban J connectivity index is 1.17. The van der Waals surface area contributed by atoms with Crippen LogP contribution in [-0.4, -0.2) is 64.3 Å². The van der Waals surface area contributed by atoms with E-state index in [1.807, 2.05) is 23.1 Å². The number of nitrogens with zero attached hydrogens (tertiary/aromatic N) is 2. The van der Waals surface area contributed by atoms with Crippen molar-refractivity contribution in [2.45, 2.75) is 57.5 Å². The predicted octanol–water partition coefficient (Wildman–Crippen LogP) is 5.51. The number of halogens is 2. The molecule has 41 heavy (non-hydrogen) atoms. The molecule has 5 rings (SSSR count). The third-order valence-corrected chi connectivity index (χ3v) is 8.66. The summed E-state index contributed by atoms with van der Waals surface area (Å²) in [5.41, 5.74) is 0.397. The van der Waals surface area contributed by atoms with Gasteiger partial charge in [-0.25, -0.2) is 4.39 Å². The zero-order valence-corrected chi connectivity index (χ0v) is 23.9. The number of nitrogens with one attached hydrogen (secondary N) is 1. The van der Waals surface area contributed by atoms with Crippen molar-refractivity contribution in [1.82, 2.24) is 9.27 Å². The zero-order valence-electron chi connectivity index (χ0n) is 22.3. The Kier molecular flexibility index (Phi) is 9.61. The van der Waals surface area contributed by atoms with E-state index in [2.05, 4.69) is 9.69 Å². The van der Waals surface area contributed by atoms with E-state index in [4.69, 9.17) is 21.1 Å². The van der Waals surface area contributed by atoms with Crippen LogP contribution in [0.1, 0.15) is 54.6 Å². The van der Waals surface area contributed by atoms with Crippen molar-refractivity contribution in [2.75, 3.05) is 25.0 Å². The summed E-state index contributed by atoms with van der Waals surface area (Å²) in [6, 6.07) is 9.74. The van der Waals surface area contributed by atoms with Crippen molar-refractivity contribution in [3.63, 3.8) is 0 Å². The highest BCUT2D eigenvalue weighted by atomic mass is 35.5. The maximum atomic E-state index is 15.0. The molecule has 1 atom stereocenters. The third-order valence-electron chi connectivity index (χ3n) is 7.52. The molecule has 1 saturated heterocycles. The number of benzene rings is 2. The second-order valence-electron chi connectivity index (χ2n) is 10.4. The van der Waals surface area contributed by atoms with E-state index < -0.39 is 24.1 Å². The smallest absolute Gasteiger partial charge is 0.306 e. The molecule has 2 aromatic carbocycles. The molecule has 1 aromatic heterocycles. The fourth-order valence-corrected chi connectivity index (χ4v) is 6.28. The number of hydrogen-bond donors (Lipinski definition) is 2. The van der Waals surface area contributed by atoms with Gasteiger partial charge in [0.2, 0.25) is 6.41 Å². The SMILES string of the molecule is O=C(COC(OC1CCC(C(=O)O)CC1)N1CCCC1)Cc1cc(Cl)c(NC(=O)c2nsc3ccccc23)cc1F. The van der Waals surface area contributed by atoms with Crippen molar-refractivity contribution in [3.8, 4) is 0 Å². The van der Waals surface area contributed by atoms with Gasteiger partial charge in [-0.1, -0.05) is 29.8 Å². The van der Waals surface area contributed by atoms with Crippen molar-refractivity contribution >= 4 is 56.6 Å². The number of rotatable bonds is 11. The first kappa shape index (κ1) is 29.5. The summed E-state index contributed by atoms with van der Waals surface area (Å²) in [6.07, 6.45) is 3.20. The number of aromatic nitrogens is 1. The highest BCUT2D eigenvalue weighted by Crippen LogP contribution is 2.30. The number of carboxylic acids is 1. The van der Waals surface area contributed by atoms with Crippen molar-refractivity contribution in [1.29, 1.82) is 0 Å². The molecule has 0 bridgehead atoms. The Morgan fingerprint density at radius 2 is 1.88 bits per heavy atom. The molecule has 0 radical (unpaired) electrons. The van der Waals surface area contributed by atoms with Gasteiger partial charge in [0.1, 0.15) is 18.1 Å². The molecule has 1 saturated carbocycles. The average molecular weight is 604 g/mol. The van der Waals surface area contributed by atoms with Crippen molar-refractivity contribution < 1.29 is 33.4 Å². The van der Waals surface area contributed by atoms with Crippen LogP contribution in [0, 0.1) is 11.7 Å². The highest BCUT2D eigenvalue weighted by molar-refractivity contribution is 7.13. The molecule has 2 N–H and O–H groups in total. The van der Waals surface area contributed by atoms with Gasteiger partial charge in [-0.15, -0.1) is 0 Å². The molecule has 1 aliphatic heterocycles. The number of carboxylic acid groups (broad SMARTS) is 1. The summed E-state index contributed by atoms with van der Waals surface area (Å²) in [5, 5.41) is 12.6. The molecule has 3 aromatic rings. The van der Waals surface area contributed by atoms with E-state index in [1.165, 1.54) is 17.6 Å². The van der Waals surface area contributed by atoms with E-state index in [-0.39, 0.29) is 52.8 Å². The molecule has 2 fully saturated rings. The topological polar surface area (TPSA) is 118 Å². The van der Waals surface area contributed by atoms with Crippen LogP contribution in [0.5, 0.6) is 0 Å². The van der Waals surface area contributed by atoms with Gasteiger partial charge in [-0.05, 0) is 73.8 Å². The van der Waals surface area contributed by atoms with Crippen LogP contribution in [0.2, 0.25) is 5.02 Å². The van der Waals surface area contributed by atoms with E-state index in [9.17, 15) is 23.9 Å². The highest BCUT2D eigenvalue weighted by Gasteiger charge is 2.31. The number of carbonyl (C=O) groups is 3. The maximum Gasteiger partial charge on any atom is 0.306 e. The third kappa shape index (κ3) is 7.28. The summed E-state index contributed by atoms with van der Waals surface area (Å²) in [4.78, 5) is 38.9. The summed E-state index contributed by atoms with van der Waals surface area (Å²) in [6.45, 7) is 1.27. The van der Waals surface area contributed by atoms with Crippen LogP contribution in [0.25, 0.3) is 10.1 Å². The molecule has 9 nitrogen and oxygen atoms in total. The lowest BCUT2D eigenvalue weighted by Gasteiger charge is -2.33. The lowest BCUT2D eigenvalue weighted by molar-refractivity contribution is -0.243. The number of ketones is 1. The Hall–Kier alpha value is -2.96. The molecule has 1 amide bonds. The Morgan fingerprint density at radius 1 is 1.15 bits per heavy atom. The minimum atomic E-state index is -0.780. The molecule has 1 unspecified atom stereocenters. The number of carbonyl (C=O) groups excluding carboxylic acids is 2. The quantitative estimate of drug-likeness (QED) is 0.276. The molecule has 2 aliphatic rings. The summed E-state index contributed by atoms with van der Waals surface area (Å²) < 4.78 is 32.1. The number of amides is 1. The molecule has 2 heterocycles. The first-order valence-corrected chi connectivity index (χ1v) is 14.8. The van der Waals surface area contributed by atoms with Gasteiger partial charge in [-0.3, -0.25) is 19.3 Å². The van der Waals surface area contributed by atoms with Crippen LogP contribution < -0.4 is 5.32 Å². The van der Waals surface area contributed by atoms with E-state index in [0.29, 0.717) is 31.1 Å². The summed E-state index contributed by atoms with van der Waals surface area (Å²) >= 11 is 7.55. The number of anilines is 1. The summed E-state index contributed by atoms with van der Waals surface area (Å²) in [5.74, 6) is -2.67. The standard InChI is InChI=1S/C29H31ClFN3O6S/c30-22-14-18(23(31)15-24(22)32-27(36)26-21-5-1-2-6-25(21)41-33-26)13-19(35)16-39-29(34-11-3-4-12-34)40-20-9-7-17(8-10-20)28(37)38/h1-2,5-6,14-15,17,20,29H,3-4,7-13,16H2,(H,32,36)(H,37,38). The Labute approximate surface area is 245 Å². The zero-order chi connectivity index (χ0) is 28.9. The summed E-state index contributed by atoms with van der Waals surface area (Å²) in [7, 11) is 0. The van der Waals surface area contributed by atoms with E-state index >= 15 is 0 Å². The van der Waals surface area contributed by atoms with Gasteiger partial charge < -0.3 is 19.9 Å². The van der Waals surface area contributed by atoms with E-state index in [1.54, 1.807) is 6.07 Å². The first-order chi connectivity index (χ1) is 19.8. The van der Waals surface area contributed by atoms with E-state index in [0.717, 1.165) is 36.7 Å². The molecular formula is C29H31ClFN3O6S. The molecule has 1 aliphatic carbocycles. The number of ether oxygens (including phenoxy) is 2. The van der Waals surface area contributed by atoms with Crippen LogP contribution in [-0.2, 0) is 25.5 Å². The second-order valence-corrected chi connectivity index (χ2v) is 11.6. The van der Waals surface area contributed by atoms with Crippen LogP contribution >= 0.6 is 23.1 Å². The largest absolute Gasteiger partial charge is 0.481 e. The van der Waals surface area contributed by atoms with Crippen LogP contribution in [0.15, 0.2) is 36.4 Å². The molecule has 218 valence electrons. The van der Waals surface area contributed by atoms with Crippen molar-refractivity contribution in [3.05, 3.63) is 58.5 Å².